The second kappa shape index (κ2) is 11.2. The fourth-order valence-electron chi connectivity index (χ4n) is 4.62. The fraction of sp³-hybridized carbons (Fsp3) is 0.267. The first-order valence-corrected chi connectivity index (χ1v) is 12.7. The summed E-state index contributed by atoms with van der Waals surface area (Å²) in [5.74, 6) is -0.457. The molecule has 1 aromatic heterocycles. The molecule has 2 N–H and O–H groups in total. The highest BCUT2D eigenvalue weighted by Crippen LogP contribution is 2.30. The van der Waals surface area contributed by atoms with E-state index in [-0.39, 0.29) is 29.7 Å². The molecule has 188 valence electrons. The van der Waals surface area contributed by atoms with Crippen molar-refractivity contribution in [3.05, 3.63) is 108 Å². The third-order valence-corrected chi connectivity index (χ3v) is 6.78. The maximum atomic E-state index is 13.9. The number of carbonyl (C=O) groups excluding carboxylic acids is 3. The minimum atomic E-state index is -0.759. The first-order chi connectivity index (χ1) is 18.1. The molecule has 2 heterocycles. The summed E-state index contributed by atoms with van der Waals surface area (Å²) < 4.78 is 0. The van der Waals surface area contributed by atoms with Crippen molar-refractivity contribution in [2.45, 2.75) is 37.8 Å². The summed E-state index contributed by atoms with van der Waals surface area (Å²) in [6.45, 7) is 0.461. The molecule has 1 aliphatic heterocycles. The molecule has 0 spiro atoms. The van der Waals surface area contributed by atoms with Crippen molar-refractivity contribution in [2.75, 3.05) is 11.9 Å². The molecule has 2 aliphatic rings. The maximum Gasteiger partial charge on any atom is 0.252 e. The molecule has 1 fully saturated rings. The van der Waals surface area contributed by atoms with Crippen LogP contribution in [0, 0.1) is 5.92 Å². The van der Waals surface area contributed by atoms with Gasteiger partial charge in [0.25, 0.3) is 5.91 Å². The van der Waals surface area contributed by atoms with E-state index < -0.39 is 6.04 Å². The Hall–Kier alpha value is -4.26. The van der Waals surface area contributed by atoms with Crippen molar-refractivity contribution >= 4 is 23.4 Å². The van der Waals surface area contributed by atoms with E-state index in [4.69, 9.17) is 0 Å². The molecule has 7 heteroatoms. The lowest BCUT2D eigenvalue weighted by molar-refractivity contribution is -0.135. The minimum absolute atomic E-state index is 0.0192. The Morgan fingerprint density at radius 3 is 2.57 bits per heavy atom. The van der Waals surface area contributed by atoms with Gasteiger partial charge >= 0.3 is 0 Å². The molecule has 3 aromatic rings. The average Bonchev–Trinajstić information content (AvgIpc) is 3.79. The number of anilines is 1. The highest BCUT2D eigenvalue weighted by Gasteiger charge is 2.33. The number of nitrogens with one attached hydrogen (secondary N) is 2. The Labute approximate surface area is 216 Å². The first-order valence-electron chi connectivity index (χ1n) is 12.7. The van der Waals surface area contributed by atoms with E-state index in [1.807, 2.05) is 53.4 Å². The highest BCUT2D eigenvalue weighted by atomic mass is 16.2. The zero-order valence-corrected chi connectivity index (χ0v) is 20.5. The van der Waals surface area contributed by atoms with Crippen molar-refractivity contribution in [1.29, 1.82) is 0 Å². The van der Waals surface area contributed by atoms with Gasteiger partial charge in [0.15, 0.2) is 0 Å². The zero-order valence-electron chi connectivity index (χ0n) is 20.5. The molecule has 0 saturated heterocycles. The number of aromatic nitrogens is 1. The van der Waals surface area contributed by atoms with E-state index in [1.54, 1.807) is 36.7 Å². The van der Waals surface area contributed by atoms with Crippen molar-refractivity contribution in [3.63, 3.8) is 0 Å². The minimum Gasteiger partial charge on any atom is -0.340 e. The molecular weight excluding hydrogens is 464 g/mol. The molecule has 5 rings (SSSR count). The second-order valence-electron chi connectivity index (χ2n) is 9.56. The quantitative estimate of drug-likeness (QED) is 0.457. The Bertz CT molecular complexity index is 1290. The summed E-state index contributed by atoms with van der Waals surface area (Å²) in [6.07, 6.45) is 10.4. The third kappa shape index (κ3) is 6.12. The predicted octanol–water partition coefficient (Wildman–Crippen LogP) is 4.30. The molecule has 3 amide bonds. The van der Waals surface area contributed by atoms with Crippen LogP contribution in [0.15, 0.2) is 91.3 Å². The third-order valence-electron chi connectivity index (χ3n) is 6.78. The molecule has 0 radical (unpaired) electrons. The number of hydrogen-bond donors (Lipinski definition) is 2. The van der Waals surface area contributed by atoms with Crippen LogP contribution in [-0.4, -0.2) is 40.2 Å². The Morgan fingerprint density at radius 2 is 1.81 bits per heavy atom. The first kappa shape index (κ1) is 24.4. The van der Waals surface area contributed by atoms with Crippen molar-refractivity contribution < 1.29 is 14.4 Å². The van der Waals surface area contributed by atoms with Crippen LogP contribution in [0.25, 0.3) is 0 Å². The van der Waals surface area contributed by atoms with Crippen LogP contribution in [0.2, 0.25) is 0 Å². The molecular formula is C30H30N4O3. The standard InChI is InChI=1S/C30H30N4O3/c35-28(22-14-15-22)32-25-12-6-10-23(19-25)29(36)33-26(18-21-8-2-1-3-9-21)30(37)34-17-5-4-13-27(34)24-11-7-16-31-20-24/h1-12,16,19-20,22,26-27H,13-15,17-18H2,(H,32,35)(H,33,36)/t26-,27?/m0/s1. The number of pyridine rings is 1. The van der Waals surface area contributed by atoms with Crippen LogP contribution in [0.5, 0.6) is 0 Å². The Balaban J connectivity index is 1.37. The number of benzene rings is 2. The summed E-state index contributed by atoms with van der Waals surface area (Å²) in [7, 11) is 0. The monoisotopic (exact) mass is 494 g/mol. The van der Waals surface area contributed by atoms with Crippen LogP contribution in [0.4, 0.5) is 5.69 Å². The van der Waals surface area contributed by atoms with Gasteiger partial charge in [-0.15, -0.1) is 0 Å². The maximum absolute atomic E-state index is 13.9. The topological polar surface area (TPSA) is 91.4 Å². The lowest BCUT2D eigenvalue weighted by Crippen LogP contribution is -2.51. The van der Waals surface area contributed by atoms with Crippen molar-refractivity contribution in [1.82, 2.24) is 15.2 Å². The van der Waals surface area contributed by atoms with Gasteiger partial charge in [-0.3, -0.25) is 19.4 Å². The normalized spacial score (nSPS) is 17.6. The number of amides is 3. The largest absolute Gasteiger partial charge is 0.340 e. The number of nitrogens with zero attached hydrogens (tertiary/aromatic N) is 2. The number of hydrogen-bond acceptors (Lipinski definition) is 4. The van der Waals surface area contributed by atoms with Crippen LogP contribution < -0.4 is 10.6 Å². The van der Waals surface area contributed by atoms with Crippen LogP contribution >= 0.6 is 0 Å². The lowest BCUT2D eigenvalue weighted by Gasteiger charge is -2.36. The molecule has 1 unspecified atom stereocenters. The Kier molecular flexibility index (Phi) is 7.40. The van der Waals surface area contributed by atoms with Gasteiger partial charge in [-0.1, -0.05) is 54.6 Å². The molecule has 0 bridgehead atoms. The zero-order chi connectivity index (χ0) is 25.6. The van der Waals surface area contributed by atoms with E-state index in [0.29, 0.717) is 30.6 Å². The summed E-state index contributed by atoms with van der Waals surface area (Å²) in [5, 5.41) is 5.87. The van der Waals surface area contributed by atoms with Gasteiger partial charge in [-0.05, 0) is 54.7 Å². The second-order valence-corrected chi connectivity index (χ2v) is 9.56. The predicted molar refractivity (Wildman–Crippen MR) is 142 cm³/mol. The fourth-order valence-corrected chi connectivity index (χ4v) is 4.62. The van der Waals surface area contributed by atoms with Gasteiger partial charge in [0.1, 0.15) is 6.04 Å². The molecule has 37 heavy (non-hydrogen) atoms. The SMILES string of the molecule is O=C(N[C@@H](Cc1ccccc1)C(=O)N1CC=CCC1c1cccnc1)c1cccc(NC(=O)C2CC2)c1. The van der Waals surface area contributed by atoms with Crippen molar-refractivity contribution in [2.24, 2.45) is 5.92 Å². The number of rotatable bonds is 8. The van der Waals surface area contributed by atoms with E-state index in [2.05, 4.69) is 21.7 Å². The summed E-state index contributed by atoms with van der Waals surface area (Å²) >= 11 is 0. The van der Waals surface area contributed by atoms with Gasteiger partial charge < -0.3 is 15.5 Å². The van der Waals surface area contributed by atoms with Gasteiger partial charge in [0.05, 0.1) is 6.04 Å². The summed E-state index contributed by atoms with van der Waals surface area (Å²) in [6, 6.07) is 19.5. The average molecular weight is 495 g/mol. The molecule has 2 atom stereocenters. The number of carbonyl (C=O) groups is 3. The molecule has 1 aliphatic carbocycles. The van der Waals surface area contributed by atoms with Gasteiger partial charge in [0, 0.05) is 42.5 Å². The van der Waals surface area contributed by atoms with Crippen LogP contribution in [0.1, 0.15) is 46.8 Å². The van der Waals surface area contributed by atoms with Crippen molar-refractivity contribution in [3.8, 4) is 0 Å². The van der Waals surface area contributed by atoms with E-state index in [9.17, 15) is 14.4 Å². The van der Waals surface area contributed by atoms with Gasteiger partial charge in [0.2, 0.25) is 11.8 Å². The van der Waals surface area contributed by atoms with E-state index >= 15 is 0 Å². The van der Waals surface area contributed by atoms with E-state index in [1.165, 1.54) is 0 Å². The van der Waals surface area contributed by atoms with Crippen LogP contribution in [-0.2, 0) is 16.0 Å². The Morgan fingerprint density at radius 1 is 0.973 bits per heavy atom. The summed E-state index contributed by atoms with van der Waals surface area (Å²) in [4.78, 5) is 45.5. The lowest BCUT2D eigenvalue weighted by atomic mass is 9.97. The molecule has 1 saturated carbocycles. The highest BCUT2D eigenvalue weighted by molar-refractivity contribution is 6.00. The smallest absolute Gasteiger partial charge is 0.252 e. The van der Waals surface area contributed by atoms with Crippen LogP contribution in [0.3, 0.4) is 0 Å². The molecule has 7 nitrogen and oxygen atoms in total. The van der Waals surface area contributed by atoms with Gasteiger partial charge in [-0.25, -0.2) is 0 Å². The van der Waals surface area contributed by atoms with Gasteiger partial charge in [-0.2, -0.15) is 0 Å². The van der Waals surface area contributed by atoms with E-state index in [0.717, 1.165) is 24.0 Å². The molecule has 2 aromatic carbocycles. The summed E-state index contributed by atoms with van der Waals surface area (Å²) in [5.41, 5.74) is 2.89.